The van der Waals surface area contributed by atoms with Crippen LogP contribution in [0.5, 0.6) is 0 Å². The van der Waals surface area contributed by atoms with E-state index in [-0.39, 0.29) is 23.6 Å². The van der Waals surface area contributed by atoms with Gasteiger partial charge in [0.05, 0.1) is 18.0 Å². The number of furan rings is 1. The largest absolute Gasteiger partial charge is 0.443 e. The summed E-state index contributed by atoms with van der Waals surface area (Å²) in [6.07, 6.45) is 2.77. The van der Waals surface area contributed by atoms with Gasteiger partial charge in [-0.2, -0.15) is 0 Å². The van der Waals surface area contributed by atoms with Crippen LogP contribution in [0.3, 0.4) is 0 Å². The zero-order chi connectivity index (χ0) is 25.2. The van der Waals surface area contributed by atoms with Gasteiger partial charge in [0.2, 0.25) is 11.1 Å². The number of carbonyl (C=O) groups excluding carboxylic acids is 1. The first-order valence-corrected chi connectivity index (χ1v) is 12.4. The third-order valence-electron chi connectivity index (χ3n) is 6.79. The fourth-order valence-electron chi connectivity index (χ4n) is 4.91. The van der Waals surface area contributed by atoms with Gasteiger partial charge in [0, 0.05) is 30.9 Å². The monoisotopic (exact) mass is 505 g/mol. The number of hydrogen-bond donors (Lipinski definition) is 2. The van der Waals surface area contributed by atoms with E-state index in [1.807, 2.05) is 42.5 Å². The number of likely N-dealkylation sites (tertiary alicyclic amines) is 1. The number of aromatic nitrogens is 1. The van der Waals surface area contributed by atoms with Crippen molar-refractivity contribution in [2.24, 2.45) is 7.05 Å². The van der Waals surface area contributed by atoms with E-state index in [0.29, 0.717) is 28.4 Å². The first-order valence-electron chi connectivity index (χ1n) is 12.0. The van der Waals surface area contributed by atoms with Crippen LogP contribution in [0.1, 0.15) is 46.2 Å². The highest BCUT2D eigenvalue weighted by atomic mass is 35.5. The molecule has 0 radical (unpaired) electrons. The number of hydrogen-bond acceptors (Lipinski definition) is 5. The Morgan fingerprint density at radius 3 is 2.69 bits per heavy atom. The van der Waals surface area contributed by atoms with Crippen LogP contribution >= 0.6 is 11.6 Å². The van der Waals surface area contributed by atoms with Crippen LogP contribution in [0.15, 0.2) is 76.1 Å². The lowest BCUT2D eigenvalue weighted by atomic mass is 10.0. The van der Waals surface area contributed by atoms with Crippen LogP contribution in [0, 0.1) is 0 Å². The van der Waals surface area contributed by atoms with Crippen LogP contribution in [0.2, 0.25) is 5.02 Å². The van der Waals surface area contributed by atoms with E-state index in [9.17, 15) is 14.7 Å². The maximum Gasteiger partial charge on any atom is 0.257 e. The Kier molecular flexibility index (Phi) is 6.96. The van der Waals surface area contributed by atoms with E-state index in [1.54, 1.807) is 29.8 Å². The molecule has 7 nitrogen and oxygen atoms in total. The highest BCUT2D eigenvalue weighted by Gasteiger charge is 2.32. The molecule has 4 aromatic rings. The Labute approximate surface area is 213 Å². The lowest BCUT2D eigenvalue weighted by molar-refractivity contribution is 0.0656. The molecule has 1 fully saturated rings. The maximum absolute atomic E-state index is 13.2. The third kappa shape index (κ3) is 4.95. The van der Waals surface area contributed by atoms with Gasteiger partial charge in [-0.3, -0.25) is 14.5 Å². The molecule has 36 heavy (non-hydrogen) atoms. The molecule has 1 aliphatic rings. The van der Waals surface area contributed by atoms with Gasteiger partial charge in [0.25, 0.3) is 5.91 Å². The van der Waals surface area contributed by atoms with Crippen molar-refractivity contribution in [1.82, 2.24) is 14.8 Å². The van der Waals surface area contributed by atoms with Gasteiger partial charge < -0.3 is 19.4 Å². The molecule has 2 aromatic carbocycles. The average Bonchev–Trinajstić information content (AvgIpc) is 3.54. The zero-order valence-corrected chi connectivity index (χ0v) is 20.7. The molecule has 3 heterocycles. The quantitative estimate of drug-likeness (QED) is 0.388. The molecule has 1 unspecified atom stereocenters. The molecule has 1 aliphatic heterocycles. The van der Waals surface area contributed by atoms with E-state index in [0.717, 1.165) is 30.5 Å². The number of halogens is 1. The summed E-state index contributed by atoms with van der Waals surface area (Å²) in [4.78, 5) is 28.2. The first kappa shape index (κ1) is 24.3. The molecule has 2 aromatic heterocycles. The number of benzene rings is 2. The molecule has 0 bridgehead atoms. The predicted octanol–water partition coefficient (Wildman–Crippen LogP) is 4.41. The first-order chi connectivity index (χ1) is 17.4. The molecule has 1 saturated heterocycles. The van der Waals surface area contributed by atoms with E-state index in [2.05, 4.69) is 10.2 Å². The van der Waals surface area contributed by atoms with Crippen molar-refractivity contribution in [1.29, 1.82) is 0 Å². The van der Waals surface area contributed by atoms with E-state index in [4.69, 9.17) is 16.0 Å². The minimum atomic E-state index is -0.597. The normalized spacial score (nSPS) is 16.9. The van der Waals surface area contributed by atoms with Crippen LogP contribution in [0.4, 0.5) is 0 Å². The third-order valence-corrected chi connectivity index (χ3v) is 7.04. The summed E-state index contributed by atoms with van der Waals surface area (Å²) in [6.45, 7) is 1.59. The Morgan fingerprint density at radius 2 is 1.94 bits per heavy atom. The number of nitrogens with one attached hydrogen (secondary N) is 1. The Hall–Kier alpha value is -3.39. The average molecular weight is 506 g/mol. The summed E-state index contributed by atoms with van der Waals surface area (Å²) < 4.78 is 7.71. The van der Waals surface area contributed by atoms with Crippen molar-refractivity contribution in [2.75, 3.05) is 6.54 Å². The van der Waals surface area contributed by atoms with Crippen molar-refractivity contribution in [3.05, 3.63) is 105 Å². The van der Waals surface area contributed by atoms with Gasteiger partial charge in [-0.25, -0.2) is 0 Å². The minimum absolute atomic E-state index is 0.0321. The van der Waals surface area contributed by atoms with E-state index in [1.165, 1.54) is 6.20 Å². The summed E-state index contributed by atoms with van der Waals surface area (Å²) in [5.74, 6) is 0.185. The van der Waals surface area contributed by atoms with Gasteiger partial charge >= 0.3 is 0 Å². The molecule has 5 rings (SSSR count). The Balaban J connectivity index is 1.34. The van der Waals surface area contributed by atoms with Gasteiger partial charge in [-0.1, -0.05) is 54.1 Å². The number of pyridine rings is 1. The number of carbonyl (C=O) groups is 1. The fourth-order valence-corrected chi connectivity index (χ4v) is 5.04. The van der Waals surface area contributed by atoms with Gasteiger partial charge in [0.1, 0.15) is 11.3 Å². The molecular formula is C28H28ClN3O4. The van der Waals surface area contributed by atoms with Crippen molar-refractivity contribution >= 4 is 28.6 Å². The number of amides is 1. The van der Waals surface area contributed by atoms with Crippen LogP contribution in [-0.2, 0) is 20.1 Å². The van der Waals surface area contributed by atoms with Crippen LogP contribution < -0.4 is 10.7 Å². The summed E-state index contributed by atoms with van der Waals surface area (Å²) in [7, 11) is 1.75. The van der Waals surface area contributed by atoms with Crippen molar-refractivity contribution in [3.8, 4) is 0 Å². The second-order valence-electron chi connectivity index (χ2n) is 9.26. The second kappa shape index (κ2) is 10.3. The van der Waals surface area contributed by atoms with Crippen molar-refractivity contribution in [2.45, 2.75) is 38.1 Å². The molecule has 0 aliphatic carbocycles. The van der Waals surface area contributed by atoms with Crippen LogP contribution in [0.25, 0.3) is 11.1 Å². The molecule has 1 amide bonds. The topological polar surface area (TPSA) is 87.7 Å². The minimum Gasteiger partial charge on any atom is -0.443 e. The van der Waals surface area contributed by atoms with E-state index >= 15 is 0 Å². The van der Waals surface area contributed by atoms with Crippen LogP contribution in [-0.4, -0.2) is 33.1 Å². The Morgan fingerprint density at radius 1 is 1.19 bits per heavy atom. The highest BCUT2D eigenvalue weighted by Crippen LogP contribution is 2.31. The lowest BCUT2D eigenvalue weighted by Crippen LogP contribution is -2.33. The van der Waals surface area contributed by atoms with Crippen molar-refractivity contribution < 1.29 is 14.3 Å². The maximum atomic E-state index is 13.2. The molecule has 0 spiro atoms. The Bertz CT molecular complexity index is 1430. The molecule has 186 valence electrons. The standard InChI is InChI=1S/C28H28ClN3O4/c1-31-17-23(27(35)30-15-18-9-11-20(29)12-10-18)26(34)22-14-21(36-28(22)31)16-32-13-5-8-24(32)25(33)19-6-3-2-4-7-19/h2-4,6-7,9-12,14,17,24-25,33H,5,8,13,15-16H2,1H3,(H,30,35)/t24-,25?/m1/s1. The molecular weight excluding hydrogens is 478 g/mol. The van der Waals surface area contributed by atoms with Gasteiger partial charge in [0.15, 0.2) is 0 Å². The number of aryl methyl sites for hydroxylation is 1. The van der Waals surface area contributed by atoms with Gasteiger partial charge in [-0.05, 0) is 48.7 Å². The number of nitrogens with zero attached hydrogens (tertiary/aromatic N) is 2. The summed E-state index contributed by atoms with van der Waals surface area (Å²) in [5, 5.41) is 14.8. The highest BCUT2D eigenvalue weighted by molar-refractivity contribution is 6.30. The lowest BCUT2D eigenvalue weighted by Gasteiger charge is -2.28. The SMILES string of the molecule is Cn1cc(C(=O)NCc2ccc(Cl)cc2)c(=O)c2cc(CN3CCC[C@@H]3C(O)c3ccccc3)oc21. The summed E-state index contributed by atoms with van der Waals surface area (Å²) in [6, 6.07) is 18.5. The number of fused-ring (bicyclic) bond motifs is 1. The van der Waals surface area contributed by atoms with E-state index < -0.39 is 12.0 Å². The zero-order valence-electron chi connectivity index (χ0n) is 20.0. The number of aliphatic hydroxyl groups is 1. The van der Waals surface area contributed by atoms with Crippen molar-refractivity contribution in [3.63, 3.8) is 0 Å². The summed E-state index contributed by atoms with van der Waals surface area (Å²) in [5.41, 5.74) is 1.89. The second-order valence-corrected chi connectivity index (χ2v) is 9.70. The predicted molar refractivity (Wildman–Crippen MR) is 139 cm³/mol. The molecule has 0 saturated carbocycles. The molecule has 2 N–H and O–H groups in total. The fraction of sp³-hybridized carbons (Fsp3) is 0.286. The molecule has 8 heteroatoms. The van der Waals surface area contributed by atoms with Gasteiger partial charge in [-0.15, -0.1) is 0 Å². The smallest absolute Gasteiger partial charge is 0.257 e. The summed E-state index contributed by atoms with van der Waals surface area (Å²) >= 11 is 5.92. The number of rotatable bonds is 7. The molecule has 2 atom stereocenters. The number of aliphatic hydroxyl groups excluding tert-OH is 1.